The fourth-order valence-corrected chi connectivity index (χ4v) is 4.25. The number of carbonyl (C=O) groups is 1. The van der Waals surface area contributed by atoms with E-state index in [1.807, 2.05) is 48.5 Å². The van der Waals surface area contributed by atoms with Gasteiger partial charge in [-0.05, 0) is 11.6 Å². The average Bonchev–Trinajstić information content (AvgIpc) is 2.76. The van der Waals surface area contributed by atoms with E-state index in [1.165, 1.54) is 0 Å². The normalized spacial score (nSPS) is 15.6. The summed E-state index contributed by atoms with van der Waals surface area (Å²) in [7, 11) is 3.19. The maximum Gasteiger partial charge on any atom is 0.342 e. The average molecular weight is 504 g/mol. The van der Waals surface area contributed by atoms with Crippen LogP contribution < -0.4 is 14.2 Å². The van der Waals surface area contributed by atoms with Gasteiger partial charge in [0, 0.05) is 21.8 Å². The predicted molar refractivity (Wildman–Crippen MR) is 120 cm³/mol. The number of carbonyl (C=O) groups excluding carboxylic acids is 1. The molecule has 150 valence electrons. The highest BCUT2D eigenvalue weighted by Crippen LogP contribution is 2.47. The lowest BCUT2D eigenvalue weighted by atomic mass is 9.92. The zero-order chi connectivity index (χ0) is 20.4. The SMILES string of the molecule is COc1c2c(c(OC)c3c(OCc4ccccc4)cccc13)C(=O)OC(CI)C2. The first-order chi connectivity index (χ1) is 14.2. The van der Waals surface area contributed by atoms with E-state index in [0.717, 1.165) is 16.5 Å². The van der Waals surface area contributed by atoms with Crippen molar-refractivity contribution in [2.75, 3.05) is 18.6 Å². The Kier molecular flexibility index (Phi) is 5.80. The summed E-state index contributed by atoms with van der Waals surface area (Å²) in [5, 5.41) is 1.57. The minimum Gasteiger partial charge on any atom is -0.496 e. The van der Waals surface area contributed by atoms with E-state index in [4.69, 9.17) is 18.9 Å². The molecular formula is C23H21IO5. The molecule has 5 nitrogen and oxygen atoms in total. The molecular weight excluding hydrogens is 483 g/mol. The van der Waals surface area contributed by atoms with Gasteiger partial charge in [-0.25, -0.2) is 4.79 Å². The molecule has 3 aromatic carbocycles. The standard InChI is InChI=1S/C23H21IO5/c1-26-21-16-9-6-10-18(28-13-14-7-4-3-5-8-14)19(16)22(27-2)20-17(21)11-15(12-24)29-23(20)25/h3-10,15H,11-13H2,1-2H3. The lowest BCUT2D eigenvalue weighted by molar-refractivity contribution is 0.0310. The Bertz CT molecular complexity index is 1050. The molecule has 1 aliphatic heterocycles. The van der Waals surface area contributed by atoms with Crippen molar-refractivity contribution in [1.82, 2.24) is 0 Å². The summed E-state index contributed by atoms with van der Waals surface area (Å²) in [5.74, 6) is 1.39. The molecule has 0 spiro atoms. The van der Waals surface area contributed by atoms with Crippen LogP contribution in [0, 0.1) is 0 Å². The number of rotatable bonds is 6. The van der Waals surface area contributed by atoms with Gasteiger partial charge in [0.25, 0.3) is 0 Å². The van der Waals surface area contributed by atoms with Crippen LogP contribution in [0.2, 0.25) is 0 Å². The monoisotopic (exact) mass is 504 g/mol. The van der Waals surface area contributed by atoms with Crippen LogP contribution in [0.15, 0.2) is 48.5 Å². The Balaban J connectivity index is 1.89. The highest BCUT2D eigenvalue weighted by Gasteiger charge is 2.34. The van der Waals surface area contributed by atoms with E-state index in [-0.39, 0.29) is 12.1 Å². The summed E-state index contributed by atoms with van der Waals surface area (Å²) >= 11 is 2.23. The molecule has 1 heterocycles. The van der Waals surface area contributed by atoms with Gasteiger partial charge in [-0.1, -0.05) is 65.1 Å². The summed E-state index contributed by atoms with van der Waals surface area (Å²) < 4.78 is 23.9. The van der Waals surface area contributed by atoms with E-state index < -0.39 is 0 Å². The number of esters is 1. The molecule has 0 N–H and O–H groups in total. The topological polar surface area (TPSA) is 54.0 Å². The smallest absolute Gasteiger partial charge is 0.342 e. The number of ether oxygens (including phenoxy) is 4. The van der Waals surface area contributed by atoms with Crippen LogP contribution in [0.5, 0.6) is 17.2 Å². The molecule has 6 heteroatoms. The second-order valence-electron chi connectivity index (χ2n) is 6.76. The first kappa shape index (κ1) is 19.8. The number of fused-ring (bicyclic) bond motifs is 2. The van der Waals surface area contributed by atoms with Crippen molar-refractivity contribution in [3.63, 3.8) is 0 Å². The van der Waals surface area contributed by atoms with Gasteiger partial charge < -0.3 is 18.9 Å². The Hall–Kier alpha value is -2.48. The Morgan fingerprint density at radius 3 is 2.48 bits per heavy atom. The third-order valence-electron chi connectivity index (χ3n) is 5.03. The minimum atomic E-state index is -0.386. The second kappa shape index (κ2) is 8.49. The molecule has 4 rings (SSSR count). The zero-order valence-electron chi connectivity index (χ0n) is 16.2. The fourth-order valence-electron chi connectivity index (χ4n) is 3.76. The number of cyclic esters (lactones) is 1. The lowest BCUT2D eigenvalue weighted by Gasteiger charge is -2.28. The Morgan fingerprint density at radius 1 is 1.03 bits per heavy atom. The van der Waals surface area contributed by atoms with Gasteiger partial charge in [-0.15, -0.1) is 0 Å². The highest BCUT2D eigenvalue weighted by molar-refractivity contribution is 14.1. The number of hydrogen-bond donors (Lipinski definition) is 0. The zero-order valence-corrected chi connectivity index (χ0v) is 18.4. The molecule has 0 aliphatic carbocycles. The van der Waals surface area contributed by atoms with Crippen molar-refractivity contribution in [1.29, 1.82) is 0 Å². The van der Waals surface area contributed by atoms with Crippen LogP contribution in [0.4, 0.5) is 0 Å². The highest BCUT2D eigenvalue weighted by atomic mass is 127. The predicted octanol–water partition coefficient (Wildman–Crippen LogP) is 4.95. The van der Waals surface area contributed by atoms with Gasteiger partial charge in [0.1, 0.15) is 35.5 Å². The van der Waals surface area contributed by atoms with Gasteiger partial charge in [0.2, 0.25) is 0 Å². The van der Waals surface area contributed by atoms with Crippen molar-refractivity contribution in [3.05, 3.63) is 65.2 Å². The fraction of sp³-hybridized carbons (Fsp3) is 0.261. The number of alkyl halides is 1. The molecule has 0 saturated carbocycles. The van der Waals surface area contributed by atoms with Gasteiger partial charge in [-0.2, -0.15) is 0 Å². The summed E-state index contributed by atoms with van der Waals surface area (Å²) in [6.45, 7) is 0.407. The molecule has 0 amide bonds. The number of methoxy groups -OCH3 is 2. The molecule has 0 aromatic heterocycles. The quantitative estimate of drug-likeness (QED) is 0.270. The van der Waals surface area contributed by atoms with E-state index in [1.54, 1.807) is 14.2 Å². The van der Waals surface area contributed by atoms with Gasteiger partial charge in [0.15, 0.2) is 0 Å². The largest absolute Gasteiger partial charge is 0.496 e. The minimum absolute atomic E-state index is 0.177. The second-order valence-corrected chi connectivity index (χ2v) is 7.64. The summed E-state index contributed by atoms with van der Waals surface area (Å²) in [4.78, 5) is 12.8. The summed E-state index contributed by atoms with van der Waals surface area (Å²) in [5.41, 5.74) is 2.31. The Morgan fingerprint density at radius 2 is 1.79 bits per heavy atom. The van der Waals surface area contributed by atoms with Crippen LogP contribution in [0.25, 0.3) is 10.8 Å². The van der Waals surface area contributed by atoms with Gasteiger partial charge >= 0.3 is 5.97 Å². The van der Waals surface area contributed by atoms with Crippen molar-refractivity contribution in [3.8, 4) is 17.2 Å². The lowest BCUT2D eigenvalue weighted by Crippen LogP contribution is -2.29. The third-order valence-corrected chi connectivity index (χ3v) is 6.01. The van der Waals surface area contributed by atoms with Crippen LogP contribution in [-0.2, 0) is 17.8 Å². The third kappa shape index (κ3) is 3.61. The summed E-state index contributed by atoms with van der Waals surface area (Å²) in [6.07, 6.45) is 0.415. The van der Waals surface area contributed by atoms with Crippen LogP contribution in [0.3, 0.4) is 0 Å². The van der Waals surface area contributed by atoms with Gasteiger partial charge in [-0.3, -0.25) is 0 Å². The molecule has 0 radical (unpaired) electrons. The van der Waals surface area contributed by atoms with E-state index in [0.29, 0.717) is 45.7 Å². The number of halogens is 1. The van der Waals surface area contributed by atoms with Crippen molar-refractivity contribution < 1.29 is 23.7 Å². The van der Waals surface area contributed by atoms with Crippen LogP contribution in [-0.4, -0.2) is 30.7 Å². The molecule has 29 heavy (non-hydrogen) atoms. The number of hydrogen-bond acceptors (Lipinski definition) is 5. The molecule has 1 atom stereocenters. The van der Waals surface area contributed by atoms with E-state index in [9.17, 15) is 4.79 Å². The first-order valence-corrected chi connectivity index (χ1v) is 10.8. The molecule has 3 aromatic rings. The molecule has 0 bridgehead atoms. The van der Waals surface area contributed by atoms with Gasteiger partial charge in [0.05, 0.1) is 19.6 Å². The van der Waals surface area contributed by atoms with Crippen LogP contribution >= 0.6 is 22.6 Å². The van der Waals surface area contributed by atoms with Crippen molar-refractivity contribution >= 4 is 39.3 Å². The molecule has 0 saturated heterocycles. The van der Waals surface area contributed by atoms with Crippen molar-refractivity contribution in [2.24, 2.45) is 0 Å². The van der Waals surface area contributed by atoms with E-state index >= 15 is 0 Å². The Labute approximate surface area is 183 Å². The molecule has 1 aliphatic rings. The van der Waals surface area contributed by atoms with Crippen LogP contribution in [0.1, 0.15) is 21.5 Å². The number of benzene rings is 3. The van der Waals surface area contributed by atoms with E-state index in [2.05, 4.69) is 22.6 Å². The maximum absolute atomic E-state index is 12.8. The molecule has 0 fully saturated rings. The summed E-state index contributed by atoms with van der Waals surface area (Å²) in [6, 6.07) is 15.7. The molecule has 1 unspecified atom stereocenters. The first-order valence-electron chi connectivity index (χ1n) is 9.31. The maximum atomic E-state index is 12.8. The van der Waals surface area contributed by atoms with Crippen molar-refractivity contribution in [2.45, 2.75) is 19.1 Å².